The number of nitrogens with zero attached hydrogens (tertiary/aromatic N) is 4. The quantitative estimate of drug-likeness (QED) is 0.665. The third-order valence-corrected chi connectivity index (χ3v) is 3.86. The van der Waals surface area contributed by atoms with Gasteiger partial charge in [0.05, 0.1) is 17.4 Å². The van der Waals surface area contributed by atoms with Gasteiger partial charge in [0, 0.05) is 25.1 Å². The molecule has 0 fully saturated rings. The van der Waals surface area contributed by atoms with Gasteiger partial charge in [0.1, 0.15) is 10.7 Å². The van der Waals surface area contributed by atoms with Crippen LogP contribution in [0.25, 0.3) is 10.9 Å². The Morgan fingerprint density at radius 1 is 1.41 bits per heavy atom. The highest BCUT2D eigenvalue weighted by Gasteiger charge is 2.14. The highest BCUT2D eigenvalue weighted by atomic mass is 35.5. The van der Waals surface area contributed by atoms with Gasteiger partial charge in [-0.15, -0.1) is 0 Å². The molecule has 0 unspecified atom stereocenters. The Hall–Kier alpha value is -2.81. The van der Waals surface area contributed by atoms with Crippen molar-refractivity contribution >= 4 is 28.4 Å². The molecule has 0 bridgehead atoms. The molecule has 0 atom stereocenters. The van der Waals surface area contributed by atoms with E-state index in [4.69, 9.17) is 16.3 Å². The van der Waals surface area contributed by atoms with Crippen LogP contribution in [0.15, 0.2) is 30.7 Å². The molecule has 1 N–H and O–H groups in total. The standard InChI is InChI=1S/C17H16ClF2N5O2/c1-2-21-16(26)15-11-8-25(24-13(11)3-4-22-15)7-10-5-12(18)17(23-6-10)27-9-14(19)20/h3-6,8,14H,2,7,9H2,1H3,(H,21,26). The summed E-state index contributed by atoms with van der Waals surface area (Å²) in [6.07, 6.45) is 2.11. The van der Waals surface area contributed by atoms with Gasteiger partial charge in [-0.05, 0) is 24.6 Å². The van der Waals surface area contributed by atoms with Crippen LogP contribution in [0.2, 0.25) is 5.02 Å². The van der Waals surface area contributed by atoms with Crippen molar-refractivity contribution in [1.82, 2.24) is 25.1 Å². The van der Waals surface area contributed by atoms with E-state index in [9.17, 15) is 13.6 Å². The fourth-order valence-corrected chi connectivity index (χ4v) is 2.73. The summed E-state index contributed by atoms with van der Waals surface area (Å²) in [5.74, 6) is -0.318. The molecule has 27 heavy (non-hydrogen) atoms. The molecule has 10 heteroatoms. The molecule has 3 aromatic heterocycles. The SMILES string of the molecule is CCNC(=O)c1nccc2nn(Cc3cnc(OCC(F)F)c(Cl)c3)cc12. The zero-order chi connectivity index (χ0) is 19.4. The number of carbonyl (C=O) groups is 1. The lowest BCUT2D eigenvalue weighted by molar-refractivity contribution is 0.0796. The van der Waals surface area contributed by atoms with E-state index in [0.717, 1.165) is 0 Å². The number of pyridine rings is 2. The minimum Gasteiger partial charge on any atom is -0.471 e. The van der Waals surface area contributed by atoms with Gasteiger partial charge in [-0.25, -0.2) is 13.8 Å². The van der Waals surface area contributed by atoms with Crippen molar-refractivity contribution in [3.63, 3.8) is 0 Å². The van der Waals surface area contributed by atoms with Crippen LogP contribution in [0.1, 0.15) is 23.0 Å². The number of carbonyl (C=O) groups excluding carboxylic acids is 1. The van der Waals surface area contributed by atoms with E-state index >= 15 is 0 Å². The normalized spacial score (nSPS) is 11.1. The Bertz CT molecular complexity index is 964. The number of rotatable bonds is 7. The summed E-state index contributed by atoms with van der Waals surface area (Å²) >= 11 is 6.03. The van der Waals surface area contributed by atoms with Crippen LogP contribution in [0, 0.1) is 0 Å². The summed E-state index contributed by atoms with van der Waals surface area (Å²) < 4.78 is 30.9. The van der Waals surface area contributed by atoms with E-state index < -0.39 is 13.0 Å². The molecule has 3 rings (SSSR count). The Kier molecular flexibility index (Phi) is 5.80. The first-order valence-electron chi connectivity index (χ1n) is 8.13. The summed E-state index contributed by atoms with van der Waals surface area (Å²) in [6.45, 7) is 1.87. The van der Waals surface area contributed by atoms with Crippen LogP contribution < -0.4 is 10.1 Å². The van der Waals surface area contributed by atoms with Gasteiger partial charge in [0.15, 0.2) is 6.61 Å². The molecule has 0 aromatic carbocycles. The first-order chi connectivity index (χ1) is 13.0. The van der Waals surface area contributed by atoms with Gasteiger partial charge < -0.3 is 10.1 Å². The third kappa shape index (κ3) is 4.48. The Labute approximate surface area is 158 Å². The molecule has 1 amide bonds. The fraction of sp³-hybridized carbons (Fsp3) is 0.294. The molecule has 0 aliphatic heterocycles. The highest BCUT2D eigenvalue weighted by molar-refractivity contribution is 6.31. The molecule has 0 spiro atoms. The van der Waals surface area contributed by atoms with Gasteiger partial charge in [0.25, 0.3) is 12.3 Å². The molecule has 3 heterocycles. The van der Waals surface area contributed by atoms with E-state index in [1.54, 1.807) is 23.0 Å². The van der Waals surface area contributed by atoms with Gasteiger partial charge in [-0.1, -0.05) is 11.6 Å². The van der Waals surface area contributed by atoms with Crippen molar-refractivity contribution in [2.45, 2.75) is 19.9 Å². The van der Waals surface area contributed by atoms with Crippen molar-refractivity contribution < 1.29 is 18.3 Å². The van der Waals surface area contributed by atoms with E-state index in [-0.39, 0.29) is 16.8 Å². The molecule has 0 saturated carbocycles. The number of amides is 1. The van der Waals surface area contributed by atoms with Crippen LogP contribution in [0.4, 0.5) is 8.78 Å². The molecule has 0 aliphatic rings. The zero-order valence-electron chi connectivity index (χ0n) is 14.3. The smallest absolute Gasteiger partial charge is 0.272 e. The molecule has 0 radical (unpaired) electrons. The minimum atomic E-state index is -2.60. The van der Waals surface area contributed by atoms with Crippen molar-refractivity contribution in [1.29, 1.82) is 0 Å². The van der Waals surface area contributed by atoms with E-state index in [1.807, 2.05) is 6.92 Å². The number of hydrogen-bond acceptors (Lipinski definition) is 5. The number of hydrogen-bond donors (Lipinski definition) is 1. The molecule has 0 aliphatic carbocycles. The number of nitrogens with one attached hydrogen (secondary N) is 1. The second-order valence-electron chi connectivity index (χ2n) is 5.61. The summed E-state index contributed by atoms with van der Waals surface area (Å²) in [5, 5.41) is 7.89. The molecular formula is C17H16ClF2N5O2. The van der Waals surface area contributed by atoms with Crippen LogP contribution >= 0.6 is 11.6 Å². The number of alkyl halides is 2. The lowest BCUT2D eigenvalue weighted by Crippen LogP contribution is -2.23. The lowest BCUT2D eigenvalue weighted by atomic mass is 10.2. The predicted molar refractivity (Wildman–Crippen MR) is 95.4 cm³/mol. The van der Waals surface area contributed by atoms with Crippen molar-refractivity contribution in [2.24, 2.45) is 0 Å². The first-order valence-corrected chi connectivity index (χ1v) is 8.51. The van der Waals surface area contributed by atoms with Crippen LogP contribution in [-0.4, -0.2) is 45.2 Å². The predicted octanol–water partition coefficient (Wildman–Crippen LogP) is 2.92. The average molecular weight is 396 g/mol. The maximum atomic E-state index is 12.2. The zero-order valence-corrected chi connectivity index (χ0v) is 15.1. The maximum Gasteiger partial charge on any atom is 0.272 e. The number of fused-ring (bicyclic) bond motifs is 1. The third-order valence-electron chi connectivity index (χ3n) is 3.59. The Morgan fingerprint density at radius 3 is 2.93 bits per heavy atom. The second kappa shape index (κ2) is 8.26. The largest absolute Gasteiger partial charge is 0.471 e. The Balaban J connectivity index is 1.81. The van der Waals surface area contributed by atoms with Gasteiger partial charge in [-0.2, -0.15) is 5.10 Å². The summed E-state index contributed by atoms with van der Waals surface area (Å²) in [7, 11) is 0. The Morgan fingerprint density at radius 2 is 2.22 bits per heavy atom. The lowest BCUT2D eigenvalue weighted by Gasteiger charge is -2.08. The first kappa shape index (κ1) is 19.0. The molecule has 7 nitrogen and oxygen atoms in total. The van der Waals surface area contributed by atoms with Crippen molar-refractivity contribution in [3.8, 4) is 5.88 Å². The van der Waals surface area contributed by atoms with Gasteiger partial charge in [0.2, 0.25) is 5.88 Å². The summed E-state index contributed by atoms with van der Waals surface area (Å²) in [5.41, 5.74) is 1.62. The topological polar surface area (TPSA) is 81.9 Å². The van der Waals surface area contributed by atoms with E-state index in [2.05, 4.69) is 20.4 Å². The van der Waals surface area contributed by atoms with E-state index in [1.165, 1.54) is 12.4 Å². The number of aromatic nitrogens is 4. The van der Waals surface area contributed by atoms with Crippen molar-refractivity contribution in [3.05, 3.63) is 47.0 Å². The molecule has 142 valence electrons. The molecular weight excluding hydrogens is 380 g/mol. The van der Waals surface area contributed by atoms with Crippen molar-refractivity contribution in [2.75, 3.05) is 13.2 Å². The van der Waals surface area contributed by atoms with E-state index in [0.29, 0.717) is 35.2 Å². The van der Waals surface area contributed by atoms with Crippen LogP contribution in [0.5, 0.6) is 5.88 Å². The highest BCUT2D eigenvalue weighted by Crippen LogP contribution is 2.24. The fourth-order valence-electron chi connectivity index (χ4n) is 2.49. The van der Waals surface area contributed by atoms with Gasteiger partial charge in [-0.3, -0.25) is 14.5 Å². The number of halogens is 3. The average Bonchev–Trinajstić information content (AvgIpc) is 3.03. The summed E-state index contributed by atoms with van der Waals surface area (Å²) in [4.78, 5) is 20.2. The van der Waals surface area contributed by atoms with Crippen LogP contribution in [-0.2, 0) is 6.54 Å². The molecule has 0 saturated heterocycles. The monoisotopic (exact) mass is 395 g/mol. The minimum absolute atomic E-state index is 0.0472. The summed E-state index contributed by atoms with van der Waals surface area (Å²) in [6, 6.07) is 3.28. The van der Waals surface area contributed by atoms with Crippen LogP contribution in [0.3, 0.4) is 0 Å². The van der Waals surface area contributed by atoms with Gasteiger partial charge >= 0.3 is 0 Å². The maximum absolute atomic E-state index is 12.2. The molecule has 3 aromatic rings. The number of ether oxygens (including phenoxy) is 1. The second-order valence-corrected chi connectivity index (χ2v) is 6.02.